The van der Waals surface area contributed by atoms with Crippen LogP contribution in [0.3, 0.4) is 0 Å². The fourth-order valence-electron chi connectivity index (χ4n) is 2.43. The van der Waals surface area contributed by atoms with Crippen LogP contribution in [0.25, 0.3) is 22.4 Å². The second-order valence-corrected chi connectivity index (χ2v) is 6.51. The second kappa shape index (κ2) is 4.98. The van der Waals surface area contributed by atoms with Crippen molar-refractivity contribution >= 4 is 16.9 Å². The van der Waals surface area contributed by atoms with E-state index >= 15 is 0 Å². The molecule has 0 saturated carbocycles. The second-order valence-electron chi connectivity index (χ2n) is 6.51. The van der Waals surface area contributed by atoms with Gasteiger partial charge in [-0.25, -0.2) is 4.98 Å². The van der Waals surface area contributed by atoms with Crippen LogP contribution in [0.1, 0.15) is 36.7 Å². The highest BCUT2D eigenvalue weighted by molar-refractivity contribution is 5.96. The molecule has 0 atom stereocenters. The van der Waals surface area contributed by atoms with Crippen molar-refractivity contribution in [2.45, 2.75) is 26.2 Å². The molecule has 1 amide bonds. The molecule has 2 aromatic carbocycles. The van der Waals surface area contributed by atoms with Gasteiger partial charge in [0.05, 0.1) is 11.0 Å². The van der Waals surface area contributed by atoms with Gasteiger partial charge in [-0.15, -0.1) is 0 Å². The molecule has 0 radical (unpaired) electrons. The predicted octanol–water partition coefficient (Wildman–Crippen LogP) is 3.63. The molecule has 3 rings (SSSR count). The molecule has 22 heavy (non-hydrogen) atoms. The molecule has 0 aliphatic heterocycles. The Morgan fingerprint density at radius 2 is 1.91 bits per heavy atom. The summed E-state index contributed by atoms with van der Waals surface area (Å²) in [5.41, 5.74) is 9.80. The Kier molecular flexibility index (Phi) is 3.24. The Balaban J connectivity index is 2.09. The van der Waals surface area contributed by atoms with Crippen molar-refractivity contribution in [3.05, 3.63) is 53.6 Å². The Hall–Kier alpha value is -2.62. The summed E-state index contributed by atoms with van der Waals surface area (Å²) in [5.74, 6) is 0.357. The molecule has 3 N–H and O–H groups in total. The molecule has 4 nitrogen and oxygen atoms in total. The summed E-state index contributed by atoms with van der Waals surface area (Å²) in [5, 5.41) is 0. The number of aromatic nitrogens is 2. The number of nitrogens with two attached hydrogens (primary N) is 1. The predicted molar refractivity (Wildman–Crippen MR) is 88.7 cm³/mol. The Morgan fingerprint density at radius 3 is 2.59 bits per heavy atom. The van der Waals surface area contributed by atoms with E-state index in [0.29, 0.717) is 5.56 Å². The van der Waals surface area contributed by atoms with Crippen LogP contribution in [0.2, 0.25) is 0 Å². The number of hydrogen-bond donors (Lipinski definition) is 2. The molecule has 1 heterocycles. The van der Waals surface area contributed by atoms with Gasteiger partial charge in [0.2, 0.25) is 5.91 Å². The lowest BCUT2D eigenvalue weighted by molar-refractivity contribution is 0.100. The zero-order valence-corrected chi connectivity index (χ0v) is 13.0. The minimum absolute atomic E-state index is 0.0845. The first kappa shape index (κ1) is 14.3. The highest BCUT2D eigenvalue weighted by Crippen LogP contribution is 2.27. The van der Waals surface area contributed by atoms with Gasteiger partial charge in [0.1, 0.15) is 5.82 Å². The number of carbonyl (C=O) groups excluding carboxylic acids is 1. The molecule has 112 valence electrons. The van der Waals surface area contributed by atoms with Gasteiger partial charge in [-0.1, -0.05) is 39.0 Å². The number of amides is 1. The minimum Gasteiger partial charge on any atom is -0.366 e. The van der Waals surface area contributed by atoms with Gasteiger partial charge < -0.3 is 10.7 Å². The number of hydrogen-bond acceptors (Lipinski definition) is 2. The van der Waals surface area contributed by atoms with E-state index in [4.69, 9.17) is 5.73 Å². The van der Waals surface area contributed by atoms with E-state index in [2.05, 4.69) is 42.9 Å². The van der Waals surface area contributed by atoms with E-state index in [-0.39, 0.29) is 5.41 Å². The first-order valence-corrected chi connectivity index (χ1v) is 7.25. The van der Waals surface area contributed by atoms with E-state index in [1.165, 1.54) is 5.56 Å². The van der Waals surface area contributed by atoms with Crippen LogP contribution < -0.4 is 5.73 Å². The number of imidazole rings is 1. The van der Waals surface area contributed by atoms with Crippen LogP contribution >= 0.6 is 0 Å². The number of nitrogens with one attached hydrogen (secondary N) is 1. The summed E-state index contributed by atoms with van der Waals surface area (Å²) < 4.78 is 0. The Labute approximate surface area is 129 Å². The van der Waals surface area contributed by atoms with Crippen LogP contribution in [0.15, 0.2) is 42.5 Å². The van der Waals surface area contributed by atoms with E-state index in [1.807, 2.05) is 18.2 Å². The van der Waals surface area contributed by atoms with Crippen LogP contribution in [0.4, 0.5) is 0 Å². The smallest absolute Gasteiger partial charge is 0.248 e. The van der Waals surface area contributed by atoms with E-state index < -0.39 is 5.91 Å². The lowest BCUT2D eigenvalue weighted by Gasteiger charge is -2.19. The maximum absolute atomic E-state index is 11.3. The first-order chi connectivity index (χ1) is 10.3. The van der Waals surface area contributed by atoms with Gasteiger partial charge in [0, 0.05) is 11.1 Å². The number of nitrogens with zero attached hydrogens (tertiary/aromatic N) is 1. The molecule has 3 aromatic rings. The van der Waals surface area contributed by atoms with Gasteiger partial charge >= 0.3 is 0 Å². The van der Waals surface area contributed by atoms with E-state index in [1.54, 1.807) is 12.1 Å². The van der Waals surface area contributed by atoms with Gasteiger partial charge in [-0.3, -0.25) is 4.79 Å². The molecule has 1 aromatic heterocycles. The van der Waals surface area contributed by atoms with Crippen molar-refractivity contribution in [3.63, 3.8) is 0 Å². The summed E-state index contributed by atoms with van der Waals surface area (Å²) >= 11 is 0. The number of aromatic amines is 1. The maximum Gasteiger partial charge on any atom is 0.248 e. The summed E-state index contributed by atoms with van der Waals surface area (Å²) in [6.07, 6.45) is 0. The van der Waals surface area contributed by atoms with Crippen LogP contribution in [0.5, 0.6) is 0 Å². The third-order valence-electron chi connectivity index (χ3n) is 3.77. The van der Waals surface area contributed by atoms with Crippen LogP contribution in [0, 0.1) is 0 Å². The molecule has 0 unspecified atom stereocenters. The van der Waals surface area contributed by atoms with Crippen molar-refractivity contribution in [3.8, 4) is 11.4 Å². The van der Waals surface area contributed by atoms with E-state index in [0.717, 1.165) is 22.4 Å². The monoisotopic (exact) mass is 293 g/mol. The number of carbonyl (C=O) groups is 1. The molecule has 4 heteroatoms. The third kappa shape index (κ3) is 2.60. The zero-order valence-electron chi connectivity index (χ0n) is 13.0. The van der Waals surface area contributed by atoms with Gasteiger partial charge in [0.25, 0.3) is 0 Å². The van der Waals surface area contributed by atoms with Gasteiger partial charge in [-0.2, -0.15) is 0 Å². The standard InChI is InChI=1S/C18H19N3O/c1-18(2,3)13-6-4-5-12(9-13)17-20-14-8-7-11(16(19)22)10-15(14)21-17/h4-10H,1-3H3,(H2,19,22)(H,20,21). The van der Waals surface area contributed by atoms with Crippen LogP contribution in [-0.4, -0.2) is 15.9 Å². The topological polar surface area (TPSA) is 71.8 Å². The average Bonchev–Trinajstić information content (AvgIpc) is 2.89. The van der Waals surface area contributed by atoms with Crippen LogP contribution in [-0.2, 0) is 5.41 Å². The molecule has 0 fully saturated rings. The fourth-order valence-corrected chi connectivity index (χ4v) is 2.43. The fraction of sp³-hybridized carbons (Fsp3) is 0.222. The minimum atomic E-state index is -0.437. The summed E-state index contributed by atoms with van der Waals surface area (Å²) in [6.45, 7) is 6.55. The summed E-state index contributed by atoms with van der Waals surface area (Å²) in [4.78, 5) is 19.1. The number of primary amides is 1. The average molecular weight is 293 g/mol. The molecule has 0 aliphatic rings. The van der Waals surface area contributed by atoms with Crippen molar-refractivity contribution in [2.75, 3.05) is 0 Å². The first-order valence-electron chi connectivity index (χ1n) is 7.25. The molecule has 0 aliphatic carbocycles. The summed E-state index contributed by atoms with van der Waals surface area (Å²) in [6, 6.07) is 13.6. The molecular weight excluding hydrogens is 274 g/mol. The molecule has 0 saturated heterocycles. The largest absolute Gasteiger partial charge is 0.366 e. The number of benzene rings is 2. The number of H-pyrrole nitrogens is 1. The van der Waals surface area contributed by atoms with Crippen molar-refractivity contribution in [1.29, 1.82) is 0 Å². The van der Waals surface area contributed by atoms with E-state index in [9.17, 15) is 4.79 Å². The lowest BCUT2D eigenvalue weighted by atomic mass is 9.86. The highest BCUT2D eigenvalue weighted by Gasteiger charge is 2.15. The highest BCUT2D eigenvalue weighted by atomic mass is 16.1. The zero-order chi connectivity index (χ0) is 15.9. The quantitative estimate of drug-likeness (QED) is 0.757. The molecule has 0 spiro atoms. The summed E-state index contributed by atoms with van der Waals surface area (Å²) in [7, 11) is 0. The molecular formula is C18H19N3O. The van der Waals surface area contributed by atoms with Crippen molar-refractivity contribution in [1.82, 2.24) is 9.97 Å². The lowest BCUT2D eigenvalue weighted by Crippen LogP contribution is -2.10. The van der Waals surface area contributed by atoms with Gasteiger partial charge in [0.15, 0.2) is 0 Å². The third-order valence-corrected chi connectivity index (χ3v) is 3.77. The maximum atomic E-state index is 11.3. The number of rotatable bonds is 2. The normalized spacial score (nSPS) is 11.8. The Bertz CT molecular complexity index is 856. The Morgan fingerprint density at radius 1 is 1.14 bits per heavy atom. The molecule has 0 bridgehead atoms. The van der Waals surface area contributed by atoms with Gasteiger partial charge in [-0.05, 0) is 35.2 Å². The van der Waals surface area contributed by atoms with Crippen molar-refractivity contribution in [2.24, 2.45) is 5.73 Å². The van der Waals surface area contributed by atoms with Crippen molar-refractivity contribution < 1.29 is 4.79 Å². The number of fused-ring (bicyclic) bond motifs is 1. The SMILES string of the molecule is CC(C)(C)c1cccc(-c2nc3ccc(C(N)=O)cc3[nH]2)c1.